The van der Waals surface area contributed by atoms with Gasteiger partial charge in [-0.3, -0.25) is 0 Å². The Labute approximate surface area is 135 Å². The van der Waals surface area contributed by atoms with Crippen LogP contribution < -0.4 is 0 Å². The number of hydrogen-bond donors (Lipinski definition) is 0. The van der Waals surface area contributed by atoms with Gasteiger partial charge in [-0.05, 0) is 43.9 Å². The molecule has 114 valence electrons. The molecule has 1 aliphatic heterocycles. The Kier molecular flexibility index (Phi) is 4.72. The fourth-order valence-corrected chi connectivity index (χ4v) is 3.58. The van der Waals surface area contributed by atoms with E-state index in [2.05, 4.69) is 11.5 Å². The molecule has 1 aliphatic rings. The summed E-state index contributed by atoms with van der Waals surface area (Å²) in [5.74, 6) is 2.25. The summed E-state index contributed by atoms with van der Waals surface area (Å²) in [7, 11) is 0. The predicted molar refractivity (Wildman–Crippen MR) is 87.4 cm³/mol. The van der Waals surface area contributed by atoms with Crippen LogP contribution in [-0.2, 0) is 11.2 Å². The normalized spacial score (nSPS) is 18.2. The fourth-order valence-electron chi connectivity index (χ4n) is 3.24. The SMILES string of the molecule is CC(C1CCOCC1)n1c(CCCl)nc2ccc(Cl)cc21. The second kappa shape index (κ2) is 6.55. The molecule has 1 aromatic carbocycles. The van der Waals surface area contributed by atoms with Gasteiger partial charge in [-0.25, -0.2) is 4.98 Å². The summed E-state index contributed by atoms with van der Waals surface area (Å²) >= 11 is 12.1. The van der Waals surface area contributed by atoms with Crippen molar-refractivity contribution in [3.05, 3.63) is 29.0 Å². The zero-order valence-electron chi connectivity index (χ0n) is 12.2. The number of hydrogen-bond acceptors (Lipinski definition) is 2. The van der Waals surface area contributed by atoms with E-state index in [-0.39, 0.29) is 0 Å². The second-order valence-electron chi connectivity index (χ2n) is 5.66. The zero-order chi connectivity index (χ0) is 14.8. The molecule has 5 heteroatoms. The van der Waals surface area contributed by atoms with E-state index in [0.29, 0.717) is 17.8 Å². The largest absolute Gasteiger partial charge is 0.381 e. The van der Waals surface area contributed by atoms with Crippen LogP contribution in [0.3, 0.4) is 0 Å². The van der Waals surface area contributed by atoms with E-state index in [0.717, 1.165) is 54.4 Å². The minimum atomic E-state index is 0.385. The monoisotopic (exact) mass is 326 g/mol. The number of alkyl halides is 1. The van der Waals surface area contributed by atoms with E-state index >= 15 is 0 Å². The molecule has 2 aromatic rings. The standard InChI is InChI=1S/C16H20Cl2N2O/c1-11(12-5-8-21-9-6-12)20-15-10-13(18)2-3-14(15)19-16(20)4-7-17/h2-3,10-12H,4-9H2,1H3. The molecule has 1 saturated heterocycles. The van der Waals surface area contributed by atoms with Crippen LogP contribution in [0.1, 0.15) is 31.6 Å². The number of nitrogens with zero attached hydrogens (tertiary/aromatic N) is 2. The Morgan fingerprint density at radius 3 is 2.86 bits per heavy atom. The van der Waals surface area contributed by atoms with Crippen LogP contribution in [0, 0.1) is 5.92 Å². The molecule has 21 heavy (non-hydrogen) atoms. The number of fused-ring (bicyclic) bond motifs is 1. The van der Waals surface area contributed by atoms with Crippen molar-refractivity contribution in [2.24, 2.45) is 5.92 Å². The van der Waals surface area contributed by atoms with Gasteiger partial charge in [0.1, 0.15) is 5.82 Å². The first-order valence-corrected chi connectivity index (χ1v) is 8.42. The summed E-state index contributed by atoms with van der Waals surface area (Å²) in [5.41, 5.74) is 2.11. The van der Waals surface area contributed by atoms with Gasteiger partial charge in [-0.15, -0.1) is 11.6 Å². The summed E-state index contributed by atoms with van der Waals surface area (Å²) in [6.07, 6.45) is 2.98. The number of halogens is 2. The van der Waals surface area contributed by atoms with Crippen LogP contribution in [0.2, 0.25) is 5.02 Å². The quantitative estimate of drug-likeness (QED) is 0.775. The van der Waals surface area contributed by atoms with Crippen LogP contribution in [0.15, 0.2) is 18.2 Å². The van der Waals surface area contributed by atoms with Gasteiger partial charge in [-0.2, -0.15) is 0 Å². The minimum Gasteiger partial charge on any atom is -0.381 e. The molecule has 3 rings (SSSR count). The van der Waals surface area contributed by atoms with Crippen molar-refractivity contribution < 1.29 is 4.74 Å². The Bertz CT molecular complexity index is 620. The highest BCUT2D eigenvalue weighted by Crippen LogP contribution is 2.32. The minimum absolute atomic E-state index is 0.385. The summed E-state index contributed by atoms with van der Waals surface area (Å²) in [4.78, 5) is 4.75. The maximum Gasteiger partial charge on any atom is 0.111 e. The highest BCUT2D eigenvalue weighted by atomic mass is 35.5. The van der Waals surface area contributed by atoms with Crippen LogP contribution in [0.5, 0.6) is 0 Å². The van der Waals surface area contributed by atoms with Crippen LogP contribution in [0.4, 0.5) is 0 Å². The molecule has 1 aromatic heterocycles. The van der Waals surface area contributed by atoms with Crippen molar-refractivity contribution >= 4 is 34.2 Å². The van der Waals surface area contributed by atoms with E-state index in [1.165, 1.54) is 0 Å². The molecule has 1 unspecified atom stereocenters. The third-order valence-electron chi connectivity index (χ3n) is 4.40. The van der Waals surface area contributed by atoms with Gasteiger partial charge >= 0.3 is 0 Å². The van der Waals surface area contributed by atoms with Gasteiger partial charge in [0.15, 0.2) is 0 Å². The number of aryl methyl sites for hydroxylation is 1. The first-order valence-electron chi connectivity index (χ1n) is 7.50. The molecular formula is C16H20Cl2N2O. The molecule has 0 amide bonds. The Balaban J connectivity index is 2.04. The zero-order valence-corrected chi connectivity index (χ0v) is 13.7. The number of imidazole rings is 1. The Hall–Kier alpha value is -0.770. The van der Waals surface area contributed by atoms with E-state index < -0.39 is 0 Å². The molecule has 0 N–H and O–H groups in total. The summed E-state index contributed by atoms with van der Waals surface area (Å²) in [5, 5.41) is 0.750. The molecular weight excluding hydrogens is 307 g/mol. The number of benzene rings is 1. The topological polar surface area (TPSA) is 27.1 Å². The average molecular weight is 327 g/mol. The van der Waals surface area contributed by atoms with Gasteiger partial charge in [0.05, 0.1) is 11.0 Å². The third-order valence-corrected chi connectivity index (χ3v) is 4.82. The van der Waals surface area contributed by atoms with Crippen molar-refractivity contribution in [3.63, 3.8) is 0 Å². The lowest BCUT2D eigenvalue weighted by atomic mass is 9.92. The first-order chi connectivity index (χ1) is 10.2. The van der Waals surface area contributed by atoms with E-state index in [9.17, 15) is 0 Å². The molecule has 3 nitrogen and oxygen atoms in total. The average Bonchev–Trinajstić information content (AvgIpc) is 2.85. The third kappa shape index (κ3) is 3.05. The van der Waals surface area contributed by atoms with Gasteiger partial charge in [0, 0.05) is 36.6 Å². The highest BCUT2D eigenvalue weighted by Gasteiger charge is 2.25. The maximum atomic E-state index is 6.18. The van der Waals surface area contributed by atoms with Gasteiger partial charge < -0.3 is 9.30 Å². The Morgan fingerprint density at radius 2 is 2.14 bits per heavy atom. The van der Waals surface area contributed by atoms with Crippen LogP contribution in [-0.4, -0.2) is 28.6 Å². The summed E-state index contributed by atoms with van der Waals surface area (Å²) in [6.45, 7) is 3.98. The number of rotatable bonds is 4. The summed E-state index contributed by atoms with van der Waals surface area (Å²) in [6, 6.07) is 6.28. The second-order valence-corrected chi connectivity index (χ2v) is 6.47. The summed E-state index contributed by atoms with van der Waals surface area (Å²) < 4.78 is 7.82. The van der Waals surface area contributed by atoms with Gasteiger partial charge in [-0.1, -0.05) is 11.6 Å². The predicted octanol–water partition coefficient (Wildman–Crippen LogP) is 4.46. The molecule has 1 atom stereocenters. The lowest BCUT2D eigenvalue weighted by Gasteiger charge is -2.30. The fraction of sp³-hybridized carbons (Fsp3) is 0.562. The lowest BCUT2D eigenvalue weighted by molar-refractivity contribution is 0.0515. The van der Waals surface area contributed by atoms with Crippen molar-refractivity contribution in [2.45, 2.75) is 32.2 Å². The van der Waals surface area contributed by atoms with E-state index in [4.69, 9.17) is 32.9 Å². The maximum absolute atomic E-state index is 6.18. The van der Waals surface area contributed by atoms with Crippen molar-refractivity contribution in [2.75, 3.05) is 19.1 Å². The molecule has 0 saturated carbocycles. The number of aromatic nitrogens is 2. The molecule has 0 aliphatic carbocycles. The molecule has 2 heterocycles. The molecule has 0 spiro atoms. The van der Waals surface area contributed by atoms with Crippen molar-refractivity contribution in [3.8, 4) is 0 Å². The lowest BCUT2D eigenvalue weighted by Crippen LogP contribution is -2.25. The first kappa shape index (κ1) is 15.1. The highest BCUT2D eigenvalue weighted by molar-refractivity contribution is 6.31. The van der Waals surface area contributed by atoms with Crippen molar-refractivity contribution in [1.29, 1.82) is 0 Å². The van der Waals surface area contributed by atoms with E-state index in [1.807, 2.05) is 18.2 Å². The Morgan fingerprint density at radius 1 is 1.38 bits per heavy atom. The van der Waals surface area contributed by atoms with Gasteiger partial charge in [0.2, 0.25) is 0 Å². The number of ether oxygens (including phenoxy) is 1. The molecule has 0 bridgehead atoms. The van der Waals surface area contributed by atoms with Crippen LogP contribution >= 0.6 is 23.2 Å². The van der Waals surface area contributed by atoms with Gasteiger partial charge in [0.25, 0.3) is 0 Å². The smallest absolute Gasteiger partial charge is 0.111 e. The molecule has 1 fully saturated rings. The van der Waals surface area contributed by atoms with Crippen molar-refractivity contribution in [1.82, 2.24) is 9.55 Å². The molecule has 0 radical (unpaired) electrons. The van der Waals surface area contributed by atoms with Crippen LogP contribution in [0.25, 0.3) is 11.0 Å². The van der Waals surface area contributed by atoms with E-state index in [1.54, 1.807) is 0 Å².